The van der Waals surface area contributed by atoms with Crippen molar-refractivity contribution in [3.63, 3.8) is 0 Å². The topological polar surface area (TPSA) is 29.5 Å². The van der Waals surface area contributed by atoms with Crippen LogP contribution in [0.2, 0.25) is 0 Å². The zero-order chi connectivity index (χ0) is 15.3. The van der Waals surface area contributed by atoms with Gasteiger partial charge in [0.05, 0.1) is 17.8 Å². The van der Waals surface area contributed by atoms with Crippen LogP contribution in [-0.4, -0.2) is 23.9 Å². The van der Waals surface area contributed by atoms with Crippen LogP contribution in [0.4, 0.5) is 13.2 Å². The molecule has 0 saturated carbocycles. The molecule has 0 aliphatic carbocycles. The SMILES string of the molecule is OC(CCC1CCCCO1)Cc1ccc(C(F)(F)F)cc1. The Bertz CT molecular complexity index is 422. The van der Waals surface area contributed by atoms with Crippen LogP contribution in [0.15, 0.2) is 24.3 Å². The van der Waals surface area contributed by atoms with Crippen LogP contribution in [0.5, 0.6) is 0 Å². The molecule has 2 rings (SSSR count). The smallest absolute Gasteiger partial charge is 0.393 e. The van der Waals surface area contributed by atoms with Gasteiger partial charge in [0, 0.05) is 6.61 Å². The lowest BCUT2D eigenvalue weighted by Crippen LogP contribution is -2.21. The maximum atomic E-state index is 12.4. The normalized spacial score (nSPS) is 21.2. The Kier molecular flexibility index (Phi) is 5.65. The van der Waals surface area contributed by atoms with Gasteiger partial charge in [-0.2, -0.15) is 13.2 Å². The molecule has 0 radical (unpaired) electrons. The molecule has 118 valence electrons. The second kappa shape index (κ2) is 7.27. The molecule has 21 heavy (non-hydrogen) atoms. The predicted molar refractivity (Wildman–Crippen MR) is 74.0 cm³/mol. The van der Waals surface area contributed by atoms with E-state index in [0.29, 0.717) is 12.8 Å². The zero-order valence-electron chi connectivity index (χ0n) is 11.9. The number of hydrogen-bond acceptors (Lipinski definition) is 2. The molecule has 1 fully saturated rings. The van der Waals surface area contributed by atoms with Gasteiger partial charge in [-0.15, -0.1) is 0 Å². The molecule has 1 N–H and O–H groups in total. The van der Waals surface area contributed by atoms with E-state index in [1.165, 1.54) is 18.6 Å². The summed E-state index contributed by atoms with van der Waals surface area (Å²) in [6.45, 7) is 0.791. The van der Waals surface area contributed by atoms with Gasteiger partial charge < -0.3 is 9.84 Å². The van der Waals surface area contributed by atoms with Crippen molar-refractivity contribution in [2.45, 2.75) is 56.9 Å². The van der Waals surface area contributed by atoms with Gasteiger partial charge in [-0.3, -0.25) is 0 Å². The fraction of sp³-hybridized carbons (Fsp3) is 0.625. The van der Waals surface area contributed by atoms with Crippen LogP contribution in [0.25, 0.3) is 0 Å². The van der Waals surface area contributed by atoms with Crippen molar-refractivity contribution < 1.29 is 23.0 Å². The first-order valence-electron chi connectivity index (χ1n) is 7.41. The van der Waals surface area contributed by atoms with E-state index in [-0.39, 0.29) is 6.10 Å². The summed E-state index contributed by atoms with van der Waals surface area (Å²) in [6, 6.07) is 4.99. The van der Waals surface area contributed by atoms with Crippen LogP contribution >= 0.6 is 0 Å². The second-order valence-corrected chi connectivity index (χ2v) is 5.62. The minimum atomic E-state index is -4.31. The van der Waals surface area contributed by atoms with Crippen molar-refractivity contribution in [1.29, 1.82) is 0 Å². The number of ether oxygens (including phenoxy) is 1. The molecule has 2 nitrogen and oxygen atoms in total. The summed E-state index contributed by atoms with van der Waals surface area (Å²) in [5.74, 6) is 0. The zero-order valence-corrected chi connectivity index (χ0v) is 11.9. The van der Waals surface area contributed by atoms with E-state index < -0.39 is 17.8 Å². The van der Waals surface area contributed by atoms with Crippen LogP contribution in [-0.2, 0) is 17.3 Å². The standard InChI is InChI=1S/C16H21F3O2/c17-16(18,19)13-6-4-12(5-7-13)11-14(20)8-9-15-3-1-2-10-21-15/h4-7,14-15,20H,1-3,8-11H2. The lowest BCUT2D eigenvalue weighted by molar-refractivity contribution is -0.137. The van der Waals surface area contributed by atoms with Gasteiger partial charge in [0.15, 0.2) is 0 Å². The molecular weight excluding hydrogens is 281 g/mol. The summed E-state index contributed by atoms with van der Waals surface area (Å²) in [6.07, 6.45) is 0.485. The van der Waals surface area contributed by atoms with Crippen LogP contribution in [0, 0.1) is 0 Å². The van der Waals surface area contributed by atoms with E-state index >= 15 is 0 Å². The summed E-state index contributed by atoms with van der Waals surface area (Å²) in [4.78, 5) is 0. The highest BCUT2D eigenvalue weighted by atomic mass is 19.4. The summed E-state index contributed by atoms with van der Waals surface area (Å²) in [5.41, 5.74) is 0.0661. The minimum Gasteiger partial charge on any atom is -0.393 e. The highest BCUT2D eigenvalue weighted by Gasteiger charge is 2.30. The number of alkyl halides is 3. The first-order valence-corrected chi connectivity index (χ1v) is 7.41. The van der Waals surface area contributed by atoms with Crippen LogP contribution < -0.4 is 0 Å². The average molecular weight is 302 g/mol. The minimum absolute atomic E-state index is 0.223. The summed E-state index contributed by atoms with van der Waals surface area (Å²) >= 11 is 0. The van der Waals surface area contributed by atoms with Gasteiger partial charge >= 0.3 is 6.18 Å². The summed E-state index contributed by atoms with van der Waals surface area (Å²) in [7, 11) is 0. The monoisotopic (exact) mass is 302 g/mol. The third kappa shape index (κ3) is 5.32. The molecule has 2 atom stereocenters. The van der Waals surface area contributed by atoms with Crippen LogP contribution in [0.1, 0.15) is 43.2 Å². The fourth-order valence-corrected chi connectivity index (χ4v) is 2.62. The fourth-order valence-electron chi connectivity index (χ4n) is 2.62. The third-order valence-electron chi connectivity index (χ3n) is 3.85. The third-order valence-corrected chi connectivity index (χ3v) is 3.85. The van der Waals surface area contributed by atoms with Crippen molar-refractivity contribution in [2.24, 2.45) is 0 Å². The van der Waals surface area contributed by atoms with E-state index in [1.54, 1.807) is 0 Å². The highest BCUT2D eigenvalue weighted by molar-refractivity contribution is 5.25. The van der Waals surface area contributed by atoms with Crippen LogP contribution in [0.3, 0.4) is 0 Å². The van der Waals surface area contributed by atoms with E-state index in [4.69, 9.17) is 4.74 Å². The quantitative estimate of drug-likeness (QED) is 0.892. The van der Waals surface area contributed by atoms with Gasteiger partial charge in [-0.05, 0) is 56.2 Å². The molecule has 1 aromatic rings. The molecule has 0 amide bonds. The maximum absolute atomic E-state index is 12.4. The Balaban J connectivity index is 1.78. The molecule has 1 heterocycles. The number of aliphatic hydroxyl groups excluding tert-OH is 1. The molecule has 1 aromatic carbocycles. The van der Waals surface area contributed by atoms with Crippen molar-refractivity contribution in [2.75, 3.05) is 6.61 Å². The largest absolute Gasteiger partial charge is 0.416 e. The van der Waals surface area contributed by atoms with Gasteiger partial charge in [0.1, 0.15) is 0 Å². The lowest BCUT2D eigenvalue weighted by atomic mass is 9.99. The van der Waals surface area contributed by atoms with Gasteiger partial charge in [-0.1, -0.05) is 12.1 Å². The van der Waals surface area contributed by atoms with Crippen molar-refractivity contribution in [3.05, 3.63) is 35.4 Å². The Labute approximate surface area is 122 Å². The molecule has 1 aliphatic rings. The molecule has 0 aromatic heterocycles. The number of aliphatic hydroxyl groups is 1. The Hall–Kier alpha value is -1.07. The molecule has 1 saturated heterocycles. The lowest BCUT2D eigenvalue weighted by Gasteiger charge is -2.23. The molecule has 0 spiro atoms. The summed E-state index contributed by atoms with van der Waals surface area (Å²) in [5, 5.41) is 9.98. The Morgan fingerprint density at radius 2 is 1.90 bits per heavy atom. The van der Waals surface area contributed by atoms with Crippen molar-refractivity contribution in [3.8, 4) is 0 Å². The first kappa shape index (κ1) is 16.3. The predicted octanol–water partition coefficient (Wildman–Crippen LogP) is 3.96. The van der Waals surface area contributed by atoms with Gasteiger partial charge in [0.25, 0.3) is 0 Å². The number of benzene rings is 1. The van der Waals surface area contributed by atoms with E-state index in [2.05, 4.69) is 0 Å². The average Bonchev–Trinajstić information content (AvgIpc) is 2.46. The van der Waals surface area contributed by atoms with Gasteiger partial charge in [-0.25, -0.2) is 0 Å². The highest BCUT2D eigenvalue weighted by Crippen LogP contribution is 2.29. The van der Waals surface area contributed by atoms with E-state index in [1.807, 2.05) is 0 Å². The first-order chi connectivity index (χ1) is 9.95. The molecule has 2 unspecified atom stereocenters. The maximum Gasteiger partial charge on any atom is 0.416 e. The Morgan fingerprint density at radius 3 is 2.48 bits per heavy atom. The van der Waals surface area contributed by atoms with E-state index in [0.717, 1.165) is 43.6 Å². The summed E-state index contributed by atoms with van der Waals surface area (Å²) < 4.78 is 42.9. The molecule has 0 bridgehead atoms. The Morgan fingerprint density at radius 1 is 1.19 bits per heavy atom. The number of halogens is 3. The number of hydrogen-bond donors (Lipinski definition) is 1. The number of rotatable bonds is 5. The van der Waals surface area contributed by atoms with Gasteiger partial charge in [0.2, 0.25) is 0 Å². The van der Waals surface area contributed by atoms with E-state index in [9.17, 15) is 18.3 Å². The van der Waals surface area contributed by atoms with Crippen molar-refractivity contribution >= 4 is 0 Å². The molecule has 5 heteroatoms. The molecule has 1 aliphatic heterocycles. The molecular formula is C16H21F3O2. The second-order valence-electron chi connectivity index (χ2n) is 5.62. The van der Waals surface area contributed by atoms with Crippen molar-refractivity contribution in [1.82, 2.24) is 0 Å².